The maximum absolute atomic E-state index is 12.7. The van der Waals surface area contributed by atoms with Gasteiger partial charge in [0.15, 0.2) is 0 Å². The summed E-state index contributed by atoms with van der Waals surface area (Å²) in [6.07, 6.45) is 1.95. The number of pyridine rings is 1. The van der Waals surface area contributed by atoms with Crippen LogP contribution in [0.5, 0.6) is 5.75 Å². The van der Waals surface area contributed by atoms with Crippen LogP contribution in [0.15, 0.2) is 24.4 Å². The fourth-order valence-corrected chi connectivity index (χ4v) is 3.09. The molecule has 1 atom stereocenters. The zero-order valence-corrected chi connectivity index (χ0v) is 11.4. The van der Waals surface area contributed by atoms with Crippen molar-refractivity contribution < 1.29 is 19.5 Å². The van der Waals surface area contributed by atoms with Gasteiger partial charge in [0.2, 0.25) is 11.8 Å². The quantitative estimate of drug-likeness (QED) is 0.755. The van der Waals surface area contributed by atoms with Crippen molar-refractivity contribution in [2.75, 3.05) is 4.90 Å². The molecule has 7 heteroatoms. The minimum atomic E-state index is -0.731. The number of piperidine rings is 1. The summed E-state index contributed by atoms with van der Waals surface area (Å²) in [4.78, 5) is 41.5. The smallest absolute Gasteiger partial charge is 0.259 e. The number of phenolic OH excluding ortho intramolecular Hbond substituents is 1. The van der Waals surface area contributed by atoms with Gasteiger partial charge in [-0.05, 0) is 24.6 Å². The van der Waals surface area contributed by atoms with Crippen molar-refractivity contribution in [2.24, 2.45) is 0 Å². The van der Waals surface area contributed by atoms with E-state index in [9.17, 15) is 19.5 Å². The predicted molar refractivity (Wildman–Crippen MR) is 76.4 cm³/mol. The van der Waals surface area contributed by atoms with Crippen molar-refractivity contribution in [2.45, 2.75) is 18.9 Å². The van der Waals surface area contributed by atoms with Crippen LogP contribution in [0.2, 0.25) is 0 Å². The van der Waals surface area contributed by atoms with E-state index in [0.29, 0.717) is 22.2 Å². The Hall–Kier alpha value is -2.96. The summed E-state index contributed by atoms with van der Waals surface area (Å²) in [7, 11) is 0. The maximum atomic E-state index is 12.7. The van der Waals surface area contributed by atoms with E-state index in [0.717, 1.165) is 0 Å². The Labute approximate surface area is 124 Å². The zero-order chi connectivity index (χ0) is 15.4. The van der Waals surface area contributed by atoms with Crippen molar-refractivity contribution in [1.29, 1.82) is 0 Å². The Morgan fingerprint density at radius 1 is 1.23 bits per heavy atom. The zero-order valence-electron chi connectivity index (χ0n) is 11.4. The number of nitrogens with zero attached hydrogens (tertiary/aromatic N) is 2. The molecule has 2 aliphatic heterocycles. The number of nitrogens with one attached hydrogen (secondary N) is 1. The van der Waals surface area contributed by atoms with Crippen LogP contribution < -0.4 is 10.2 Å². The summed E-state index contributed by atoms with van der Waals surface area (Å²) in [5.41, 5.74) is 1.27. The molecule has 2 aromatic rings. The molecule has 2 N–H and O–H groups in total. The highest BCUT2D eigenvalue weighted by Gasteiger charge is 2.41. The van der Waals surface area contributed by atoms with E-state index in [1.807, 2.05) is 0 Å². The number of hydrogen-bond acceptors (Lipinski definition) is 5. The molecule has 0 aliphatic carbocycles. The lowest BCUT2D eigenvalue weighted by Gasteiger charge is -2.30. The number of imide groups is 1. The highest BCUT2D eigenvalue weighted by molar-refractivity contribution is 6.27. The monoisotopic (exact) mass is 297 g/mol. The van der Waals surface area contributed by atoms with Gasteiger partial charge in [-0.2, -0.15) is 0 Å². The molecule has 110 valence electrons. The van der Waals surface area contributed by atoms with Gasteiger partial charge in [-0.25, -0.2) is 0 Å². The van der Waals surface area contributed by atoms with E-state index in [4.69, 9.17) is 0 Å². The van der Waals surface area contributed by atoms with E-state index in [2.05, 4.69) is 10.3 Å². The van der Waals surface area contributed by atoms with Gasteiger partial charge in [0, 0.05) is 18.0 Å². The summed E-state index contributed by atoms with van der Waals surface area (Å²) < 4.78 is 0. The summed E-state index contributed by atoms with van der Waals surface area (Å²) in [6, 6.07) is 3.85. The van der Waals surface area contributed by atoms with E-state index in [1.165, 1.54) is 23.2 Å². The first-order valence-electron chi connectivity index (χ1n) is 6.86. The van der Waals surface area contributed by atoms with E-state index < -0.39 is 11.9 Å². The number of aromatic nitrogens is 1. The number of phenols is 1. The Balaban J connectivity index is 1.89. The number of carbonyl (C=O) groups is 3. The molecule has 1 unspecified atom stereocenters. The maximum Gasteiger partial charge on any atom is 0.259 e. The molecule has 1 aromatic heterocycles. The number of benzene rings is 1. The Bertz CT molecular complexity index is 861. The number of hydrogen-bond donors (Lipinski definition) is 2. The third-order valence-corrected chi connectivity index (χ3v) is 4.08. The molecule has 4 rings (SSSR count). The van der Waals surface area contributed by atoms with Gasteiger partial charge in [-0.1, -0.05) is 0 Å². The third kappa shape index (κ3) is 1.56. The molecule has 1 fully saturated rings. The van der Waals surface area contributed by atoms with Crippen LogP contribution in [0, 0.1) is 0 Å². The predicted octanol–water partition coefficient (Wildman–Crippen LogP) is 0.706. The van der Waals surface area contributed by atoms with Crippen molar-refractivity contribution in [3.05, 3.63) is 30.0 Å². The molecule has 3 amide bonds. The first-order chi connectivity index (χ1) is 10.6. The van der Waals surface area contributed by atoms with Gasteiger partial charge < -0.3 is 5.11 Å². The van der Waals surface area contributed by atoms with Gasteiger partial charge in [0.25, 0.3) is 5.91 Å². The minimum absolute atomic E-state index is 0.0153. The molecule has 0 saturated carbocycles. The topological polar surface area (TPSA) is 99.6 Å². The Morgan fingerprint density at radius 3 is 2.82 bits per heavy atom. The first kappa shape index (κ1) is 12.8. The van der Waals surface area contributed by atoms with Crippen LogP contribution in [-0.2, 0) is 9.59 Å². The molecule has 1 aromatic carbocycles. The summed E-state index contributed by atoms with van der Waals surface area (Å²) in [6.45, 7) is 0. The molecule has 22 heavy (non-hydrogen) atoms. The Morgan fingerprint density at radius 2 is 2.05 bits per heavy atom. The third-order valence-electron chi connectivity index (χ3n) is 4.08. The van der Waals surface area contributed by atoms with Crippen LogP contribution in [0.25, 0.3) is 10.9 Å². The summed E-state index contributed by atoms with van der Waals surface area (Å²) in [5.74, 6) is -1.14. The van der Waals surface area contributed by atoms with Gasteiger partial charge in [0.1, 0.15) is 17.3 Å². The number of anilines is 1. The van der Waals surface area contributed by atoms with Crippen LogP contribution >= 0.6 is 0 Å². The standard InChI is InChI=1S/C15H11N3O4/c19-10-3-1-7-12-8(5-6-16-13(10)12)18(15(7)22)9-2-4-11(20)17-14(9)21/h1,3,5-6,9,19H,2,4H2,(H,17,20,21). The highest BCUT2D eigenvalue weighted by atomic mass is 16.3. The minimum Gasteiger partial charge on any atom is -0.506 e. The van der Waals surface area contributed by atoms with Crippen LogP contribution in [0.1, 0.15) is 23.2 Å². The van der Waals surface area contributed by atoms with Gasteiger partial charge in [0.05, 0.1) is 11.3 Å². The first-order valence-corrected chi connectivity index (χ1v) is 6.86. The fourth-order valence-electron chi connectivity index (χ4n) is 3.09. The van der Waals surface area contributed by atoms with Crippen LogP contribution in [-0.4, -0.2) is 33.9 Å². The van der Waals surface area contributed by atoms with Crippen molar-refractivity contribution in [3.63, 3.8) is 0 Å². The lowest BCUT2D eigenvalue weighted by molar-refractivity contribution is -0.134. The lowest BCUT2D eigenvalue weighted by atomic mass is 10.0. The number of aromatic hydroxyl groups is 1. The number of carbonyl (C=O) groups excluding carboxylic acids is 3. The van der Waals surface area contributed by atoms with Crippen molar-refractivity contribution in [3.8, 4) is 5.75 Å². The highest BCUT2D eigenvalue weighted by Crippen LogP contribution is 2.41. The normalized spacial score (nSPS) is 20.6. The largest absolute Gasteiger partial charge is 0.506 e. The average Bonchev–Trinajstić information content (AvgIpc) is 2.77. The second-order valence-corrected chi connectivity index (χ2v) is 5.33. The molecule has 2 aliphatic rings. The molecule has 0 radical (unpaired) electrons. The van der Waals surface area contributed by atoms with Gasteiger partial charge >= 0.3 is 0 Å². The van der Waals surface area contributed by atoms with Crippen molar-refractivity contribution >= 4 is 34.3 Å². The summed E-state index contributed by atoms with van der Waals surface area (Å²) in [5, 5.41) is 12.7. The second kappa shape index (κ2) is 4.27. The van der Waals surface area contributed by atoms with E-state index >= 15 is 0 Å². The number of rotatable bonds is 1. The fraction of sp³-hybridized carbons (Fsp3) is 0.200. The molecule has 0 spiro atoms. The van der Waals surface area contributed by atoms with Crippen LogP contribution in [0.3, 0.4) is 0 Å². The van der Waals surface area contributed by atoms with Gasteiger partial charge in [-0.3, -0.25) is 29.6 Å². The van der Waals surface area contributed by atoms with E-state index in [1.54, 1.807) is 6.07 Å². The average molecular weight is 297 g/mol. The van der Waals surface area contributed by atoms with Crippen LogP contribution in [0.4, 0.5) is 5.69 Å². The Kier molecular flexibility index (Phi) is 2.47. The van der Waals surface area contributed by atoms with E-state index in [-0.39, 0.29) is 30.4 Å². The lowest BCUT2D eigenvalue weighted by Crippen LogP contribution is -2.53. The van der Waals surface area contributed by atoms with Gasteiger partial charge in [-0.15, -0.1) is 0 Å². The van der Waals surface area contributed by atoms with Crippen molar-refractivity contribution in [1.82, 2.24) is 10.3 Å². The number of amides is 3. The molecule has 3 heterocycles. The molecular weight excluding hydrogens is 286 g/mol. The molecule has 7 nitrogen and oxygen atoms in total. The SMILES string of the molecule is O=C1CCC(N2C(=O)c3ccc(O)c4nccc2c34)C(=O)N1. The molecule has 0 bridgehead atoms. The molecular formula is C15H11N3O4. The molecule has 1 saturated heterocycles. The summed E-state index contributed by atoms with van der Waals surface area (Å²) >= 11 is 0. The second-order valence-electron chi connectivity index (χ2n) is 5.33.